The standard InChI is InChI=1S/C17H20N2O5/c1-2-23-12-4-3-11-7-15(18-14(11)8-12)17(22)19-5-6-24-13(10-19)9-16(20)21/h3-4,7-8,13,18H,2,5-6,9-10H2,1H3,(H,20,21). The Bertz CT molecular complexity index is 755. The van der Waals surface area contributed by atoms with E-state index in [1.807, 2.05) is 25.1 Å². The Labute approximate surface area is 139 Å². The maximum atomic E-state index is 12.7. The van der Waals surface area contributed by atoms with Crippen LogP contribution in [0.25, 0.3) is 10.9 Å². The Kier molecular flexibility index (Phi) is 4.71. The van der Waals surface area contributed by atoms with Crippen molar-refractivity contribution >= 4 is 22.8 Å². The molecule has 1 aliphatic heterocycles. The van der Waals surface area contributed by atoms with Crippen LogP contribution in [0.15, 0.2) is 24.3 Å². The molecule has 7 nitrogen and oxygen atoms in total. The summed E-state index contributed by atoms with van der Waals surface area (Å²) in [7, 11) is 0. The monoisotopic (exact) mass is 332 g/mol. The average Bonchev–Trinajstić information content (AvgIpc) is 2.97. The van der Waals surface area contributed by atoms with E-state index in [9.17, 15) is 9.59 Å². The number of rotatable bonds is 5. The smallest absolute Gasteiger partial charge is 0.306 e. The van der Waals surface area contributed by atoms with Crippen LogP contribution in [0.1, 0.15) is 23.8 Å². The lowest BCUT2D eigenvalue weighted by molar-refractivity contribution is -0.141. The molecule has 0 saturated carbocycles. The van der Waals surface area contributed by atoms with Crippen LogP contribution < -0.4 is 4.74 Å². The number of aliphatic carboxylic acids is 1. The number of carbonyl (C=O) groups excluding carboxylic acids is 1. The van der Waals surface area contributed by atoms with Crippen LogP contribution in [0, 0.1) is 0 Å². The Morgan fingerprint density at radius 3 is 3.00 bits per heavy atom. The number of morpholine rings is 1. The van der Waals surface area contributed by atoms with E-state index in [-0.39, 0.29) is 18.9 Å². The molecule has 7 heteroatoms. The van der Waals surface area contributed by atoms with Crippen LogP contribution in [-0.4, -0.2) is 59.3 Å². The lowest BCUT2D eigenvalue weighted by atomic mass is 10.2. The highest BCUT2D eigenvalue weighted by Crippen LogP contribution is 2.23. The van der Waals surface area contributed by atoms with Crippen molar-refractivity contribution in [3.8, 4) is 5.75 Å². The summed E-state index contributed by atoms with van der Waals surface area (Å²) in [5.74, 6) is -0.329. The van der Waals surface area contributed by atoms with Crippen molar-refractivity contribution in [2.75, 3.05) is 26.3 Å². The van der Waals surface area contributed by atoms with E-state index in [1.54, 1.807) is 11.0 Å². The Hall–Kier alpha value is -2.54. The van der Waals surface area contributed by atoms with Gasteiger partial charge in [-0.3, -0.25) is 9.59 Å². The summed E-state index contributed by atoms with van der Waals surface area (Å²) in [5.41, 5.74) is 1.31. The zero-order chi connectivity index (χ0) is 17.1. The fraction of sp³-hybridized carbons (Fsp3) is 0.412. The molecule has 1 aromatic carbocycles. The molecular formula is C17H20N2O5. The van der Waals surface area contributed by atoms with Crippen molar-refractivity contribution in [3.05, 3.63) is 30.0 Å². The maximum Gasteiger partial charge on any atom is 0.306 e. The largest absolute Gasteiger partial charge is 0.494 e. The van der Waals surface area contributed by atoms with E-state index >= 15 is 0 Å². The lowest BCUT2D eigenvalue weighted by Gasteiger charge is -2.32. The number of nitrogens with zero attached hydrogens (tertiary/aromatic N) is 1. The summed E-state index contributed by atoms with van der Waals surface area (Å²) in [6.45, 7) is 3.58. The topological polar surface area (TPSA) is 91.9 Å². The first-order chi connectivity index (χ1) is 11.6. The molecule has 0 aliphatic carbocycles. The van der Waals surface area contributed by atoms with E-state index in [0.29, 0.717) is 25.5 Å². The zero-order valence-corrected chi connectivity index (χ0v) is 13.4. The van der Waals surface area contributed by atoms with Gasteiger partial charge in [0.1, 0.15) is 11.4 Å². The number of hydrogen-bond donors (Lipinski definition) is 2. The van der Waals surface area contributed by atoms with Crippen molar-refractivity contribution in [1.82, 2.24) is 9.88 Å². The predicted octanol–water partition coefficient (Wildman–Crippen LogP) is 1.88. The fourth-order valence-corrected chi connectivity index (χ4v) is 2.87. The molecule has 0 spiro atoms. The fourth-order valence-electron chi connectivity index (χ4n) is 2.87. The third kappa shape index (κ3) is 3.51. The molecule has 0 radical (unpaired) electrons. The third-order valence-electron chi connectivity index (χ3n) is 3.96. The van der Waals surface area contributed by atoms with Gasteiger partial charge in [-0.25, -0.2) is 0 Å². The molecule has 1 unspecified atom stereocenters. The number of H-pyrrole nitrogens is 1. The van der Waals surface area contributed by atoms with Gasteiger partial charge in [0.15, 0.2) is 0 Å². The molecule has 128 valence electrons. The van der Waals surface area contributed by atoms with Crippen LogP contribution in [-0.2, 0) is 9.53 Å². The van der Waals surface area contributed by atoms with Crippen LogP contribution in [0.2, 0.25) is 0 Å². The van der Waals surface area contributed by atoms with E-state index in [1.165, 1.54) is 0 Å². The van der Waals surface area contributed by atoms with Crippen molar-refractivity contribution < 1.29 is 24.2 Å². The second-order valence-corrected chi connectivity index (χ2v) is 5.71. The minimum absolute atomic E-state index is 0.103. The van der Waals surface area contributed by atoms with Gasteiger partial charge in [-0.15, -0.1) is 0 Å². The van der Waals surface area contributed by atoms with Gasteiger partial charge < -0.3 is 24.5 Å². The molecule has 1 amide bonds. The molecule has 2 heterocycles. The molecule has 2 aromatic rings. The summed E-state index contributed by atoms with van der Waals surface area (Å²) in [6.07, 6.45) is -0.567. The molecule has 0 bridgehead atoms. The number of aromatic nitrogens is 1. The van der Waals surface area contributed by atoms with E-state index in [0.717, 1.165) is 16.7 Å². The first-order valence-electron chi connectivity index (χ1n) is 7.95. The minimum Gasteiger partial charge on any atom is -0.494 e. The van der Waals surface area contributed by atoms with Crippen LogP contribution in [0.5, 0.6) is 5.75 Å². The van der Waals surface area contributed by atoms with E-state index < -0.39 is 12.1 Å². The van der Waals surface area contributed by atoms with E-state index in [2.05, 4.69) is 4.98 Å². The van der Waals surface area contributed by atoms with E-state index in [4.69, 9.17) is 14.6 Å². The maximum absolute atomic E-state index is 12.7. The van der Waals surface area contributed by atoms with Crippen LogP contribution in [0.4, 0.5) is 0 Å². The number of carboxylic acid groups (broad SMARTS) is 1. The number of amides is 1. The molecule has 3 rings (SSSR count). The predicted molar refractivity (Wildman–Crippen MR) is 87.4 cm³/mol. The number of benzene rings is 1. The number of fused-ring (bicyclic) bond motifs is 1. The highest BCUT2D eigenvalue weighted by Gasteiger charge is 2.27. The summed E-state index contributed by atoms with van der Waals surface area (Å²) in [5, 5.41) is 9.80. The van der Waals surface area contributed by atoms with Gasteiger partial charge in [0.2, 0.25) is 0 Å². The molecule has 2 N–H and O–H groups in total. The van der Waals surface area contributed by atoms with Crippen LogP contribution >= 0.6 is 0 Å². The third-order valence-corrected chi connectivity index (χ3v) is 3.96. The first kappa shape index (κ1) is 16.3. The number of carboxylic acids is 1. The molecule has 1 aromatic heterocycles. The number of hydrogen-bond acceptors (Lipinski definition) is 4. The van der Waals surface area contributed by atoms with Gasteiger partial charge in [-0.2, -0.15) is 0 Å². The highest BCUT2D eigenvalue weighted by molar-refractivity contribution is 5.98. The SMILES string of the molecule is CCOc1ccc2cc(C(=O)N3CCOC(CC(=O)O)C3)[nH]c2c1. The van der Waals surface area contributed by atoms with Gasteiger partial charge in [-0.05, 0) is 25.1 Å². The Morgan fingerprint density at radius 1 is 1.42 bits per heavy atom. The number of ether oxygens (including phenoxy) is 2. The number of aromatic amines is 1. The molecule has 1 fully saturated rings. The second-order valence-electron chi connectivity index (χ2n) is 5.71. The van der Waals surface area contributed by atoms with Gasteiger partial charge in [-0.1, -0.05) is 0 Å². The first-order valence-corrected chi connectivity index (χ1v) is 7.95. The van der Waals surface area contributed by atoms with Gasteiger partial charge in [0, 0.05) is 30.1 Å². The highest BCUT2D eigenvalue weighted by atomic mass is 16.5. The summed E-state index contributed by atoms with van der Waals surface area (Å²) in [4.78, 5) is 28.2. The minimum atomic E-state index is -0.927. The van der Waals surface area contributed by atoms with Crippen LogP contribution in [0.3, 0.4) is 0 Å². The van der Waals surface area contributed by atoms with Crippen molar-refractivity contribution in [2.45, 2.75) is 19.4 Å². The Balaban J connectivity index is 1.76. The number of carbonyl (C=O) groups is 2. The Morgan fingerprint density at radius 2 is 2.25 bits per heavy atom. The summed E-state index contributed by atoms with van der Waals surface area (Å²) in [6, 6.07) is 7.43. The number of nitrogens with one attached hydrogen (secondary N) is 1. The van der Waals surface area contributed by atoms with Gasteiger partial charge in [0.25, 0.3) is 5.91 Å². The lowest BCUT2D eigenvalue weighted by Crippen LogP contribution is -2.46. The average molecular weight is 332 g/mol. The van der Waals surface area contributed by atoms with Gasteiger partial charge in [0.05, 0.1) is 25.7 Å². The molecular weight excluding hydrogens is 312 g/mol. The van der Waals surface area contributed by atoms with Crippen molar-refractivity contribution in [3.63, 3.8) is 0 Å². The zero-order valence-electron chi connectivity index (χ0n) is 13.4. The quantitative estimate of drug-likeness (QED) is 0.872. The molecule has 1 aliphatic rings. The van der Waals surface area contributed by atoms with Crippen molar-refractivity contribution in [1.29, 1.82) is 0 Å². The molecule has 1 saturated heterocycles. The molecule has 1 atom stereocenters. The summed E-state index contributed by atoms with van der Waals surface area (Å²) < 4.78 is 10.9. The van der Waals surface area contributed by atoms with Gasteiger partial charge >= 0.3 is 5.97 Å². The van der Waals surface area contributed by atoms with Crippen molar-refractivity contribution in [2.24, 2.45) is 0 Å². The summed E-state index contributed by atoms with van der Waals surface area (Å²) >= 11 is 0. The second kappa shape index (κ2) is 6.92. The molecule has 24 heavy (non-hydrogen) atoms. The normalized spacial score (nSPS) is 17.9.